The van der Waals surface area contributed by atoms with Gasteiger partial charge in [0.15, 0.2) is 0 Å². The van der Waals surface area contributed by atoms with Crippen LogP contribution in [0.1, 0.15) is 39.7 Å². The Morgan fingerprint density at radius 1 is 1.00 bits per heavy atom. The number of carbonyl (C=O) groups is 4. The molecule has 6 N–H and O–H groups in total. The maximum absolute atomic E-state index is 12.5. The summed E-state index contributed by atoms with van der Waals surface area (Å²) < 4.78 is 0. The summed E-state index contributed by atoms with van der Waals surface area (Å²) in [4.78, 5) is 48.6. The van der Waals surface area contributed by atoms with Gasteiger partial charge in [-0.3, -0.25) is 14.4 Å². The van der Waals surface area contributed by atoms with Gasteiger partial charge in [-0.2, -0.15) is 0 Å². The van der Waals surface area contributed by atoms with Gasteiger partial charge in [-0.25, -0.2) is 4.79 Å². The zero-order chi connectivity index (χ0) is 23.6. The molecule has 0 fully saturated rings. The highest BCUT2D eigenvalue weighted by Gasteiger charge is 2.28. The van der Waals surface area contributed by atoms with Gasteiger partial charge in [-0.15, -0.1) is 0 Å². The predicted molar refractivity (Wildman–Crippen MR) is 117 cm³/mol. The minimum absolute atomic E-state index is 0.0424. The van der Waals surface area contributed by atoms with Crippen molar-refractivity contribution >= 4 is 23.7 Å². The van der Waals surface area contributed by atoms with E-state index in [1.165, 1.54) is 0 Å². The van der Waals surface area contributed by atoms with E-state index in [0.29, 0.717) is 0 Å². The highest BCUT2D eigenvalue weighted by molar-refractivity contribution is 5.92. The van der Waals surface area contributed by atoms with Crippen molar-refractivity contribution in [1.29, 1.82) is 0 Å². The summed E-state index contributed by atoms with van der Waals surface area (Å²) in [6.45, 7) is 6.89. The molecule has 0 spiro atoms. The van der Waals surface area contributed by atoms with Crippen molar-refractivity contribution in [2.24, 2.45) is 17.6 Å². The number of rotatable bonds is 12. The number of hydrogen-bond donors (Lipinski definition) is 5. The molecule has 172 valence electrons. The Kier molecular flexibility index (Phi) is 10.7. The highest BCUT2D eigenvalue weighted by atomic mass is 16.4. The van der Waals surface area contributed by atoms with E-state index in [2.05, 4.69) is 16.0 Å². The van der Waals surface area contributed by atoms with Crippen molar-refractivity contribution in [3.05, 3.63) is 35.9 Å². The van der Waals surface area contributed by atoms with Gasteiger partial charge in [0.1, 0.15) is 12.1 Å². The molecule has 9 nitrogen and oxygen atoms in total. The van der Waals surface area contributed by atoms with Gasteiger partial charge >= 0.3 is 5.97 Å². The third-order valence-corrected chi connectivity index (χ3v) is 5.15. The quantitative estimate of drug-likeness (QED) is 0.322. The number of aliphatic carboxylic acids is 1. The minimum Gasteiger partial charge on any atom is -0.480 e. The SMILES string of the molecule is CCC(C)C(N)C(=O)NC(C(=O)NCC(=O)NC(Cc1ccccc1)C(=O)O)C(C)C. The van der Waals surface area contributed by atoms with E-state index in [4.69, 9.17) is 5.73 Å². The third kappa shape index (κ3) is 8.75. The van der Waals surface area contributed by atoms with E-state index in [0.717, 1.165) is 12.0 Å². The van der Waals surface area contributed by atoms with Gasteiger partial charge in [0.05, 0.1) is 12.6 Å². The van der Waals surface area contributed by atoms with E-state index < -0.39 is 48.4 Å². The molecule has 1 aromatic rings. The summed E-state index contributed by atoms with van der Waals surface area (Å²) in [5, 5.41) is 16.9. The molecule has 4 unspecified atom stereocenters. The zero-order valence-electron chi connectivity index (χ0n) is 18.6. The molecule has 0 aromatic heterocycles. The van der Waals surface area contributed by atoms with Gasteiger partial charge in [-0.1, -0.05) is 64.4 Å². The molecule has 31 heavy (non-hydrogen) atoms. The van der Waals surface area contributed by atoms with E-state index in [1.807, 2.05) is 19.9 Å². The lowest BCUT2D eigenvalue weighted by Crippen LogP contribution is -2.56. The van der Waals surface area contributed by atoms with Crippen LogP contribution in [-0.4, -0.2) is 53.5 Å². The fourth-order valence-corrected chi connectivity index (χ4v) is 2.87. The first-order chi connectivity index (χ1) is 14.6. The molecule has 4 atom stereocenters. The normalized spacial score (nSPS) is 14.8. The minimum atomic E-state index is -1.17. The predicted octanol–water partition coefficient (Wildman–Crippen LogP) is 0.429. The Labute approximate surface area is 183 Å². The Bertz CT molecular complexity index is 754. The average Bonchev–Trinajstić information content (AvgIpc) is 2.74. The molecular weight excluding hydrogens is 400 g/mol. The molecular formula is C22H34N4O5. The van der Waals surface area contributed by atoms with Crippen molar-refractivity contribution in [2.75, 3.05) is 6.54 Å². The maximum atomic E-state index is 12.5. The van der Waals surface area contributed by atoms with Crippen LogP contribution in [0.3, 0.4) is 0 Å². The van der Waals surface area contributed by atoms with Crippen molar-refractivity contribution in [2.45, 2.75) is 58.7 Å². The Morgan fingerprint density at radius 2 is 1.61 bits per heavy atom. The fraction of sp³-hybridized carbons (Fsp3) is 0.545. The van der Waals surface area contributed by atoms with Gasteiger partial charge in [0.2, 0.25) is 17.7 Å². The summed E-state index contributed by atoms with van der Waals surface area (Å²) in [6.07, 6.45) is 0.842. The summed E-state index contributed by atoms with van der Waals surface area (Å²) in [6, 6.07) is 6.18. The summed E-state index contributed by atoms with van der Waals surface area (Å²) >= 11 is 0. The van der Waals surface area contributed by atoms with Crippen LogP contribution in [0.5, 0.6) is 0 Å². The average molecular weight is 435 g/mol. The molecule has 0 saturated heterocycles. The van der Waals surface area contributed by atoms with Crippen molar-refractivity contribution in [1.82, 2.24) is 16.0 Å². The Balaban J connectivity index is 2.64. The number of carboxylic acid groups (broad SMARTS) is 1. The number of nitrogens with one attached hydrogen (secondary N) is 3. The lowest BCUT2D eigenvalue weighted by atomic mass is 9.97. The maximum Gasteiger partial charge on any atom is 0.326 e. The van der Waals surface area contributed by atoms with Crippen LogP contribution in [0.2, 0.25) is 0 Å². The molecule has 0 aliphatic heterocycles. The topological polar surface area (TPSA) is 151 Å². The monoisotopic (exact) mass is 434 g/mol. The fourth-order valence-electron chi connectivity index (χ4n) is 2.87. The molecule has 0 bridgehead atoms. The number of benzene rings is 1. The van der Waals surface area contributed by atoms with Gasteiger partial charge in [0, 0.05) is 6.42 Å². The first kappa shape index (κ1) is 26.1. The first-order valence-corrected chi connectivity index (χ1v) is 10.5. The highest BCUT2D eigenvalue weighted by Crippen LogP contribution is 2.08. The van der Waals surface area contributed by atoms with Crippen LogP contribution in [0.15, 0.2) is 30.3 Å². The van der Waals surface area contributed by atoms with Gasteiger partial charge in [0.25, 0.3) is 0 Å². The molecule has 3 amide bonds. The lowest BCUT2D eigenvalue weighted by Gasteiger charge is -2.25. The smallest absolute Gasteiger partial charge is 0.326 e. The van der Waals surface area contributed by atoms with E-state index in [9.17, 15) is 24.3 Å². The summed E-state index contributed by atoms with van der Waals surface area (Å²) in [5.41, 5.74) is 6.69. The molecule has 1 aromatic carbocycles. The molecule has 1 rings (SSSR count). The molecule has 0 heterocycles. The van der Waals surface area contributed by atoms with E-state index in [1.54, 1.807) is 38.1 Å². The number of hydrogen-bond acceptors (Lipinski definition) is 5. The van der Waals surface area contributed by atoms with Crippen LogP contribution < -0.4 is 21.7 Å². The number of carbonyl (C=O) groups excluding carboxylic acids is 3. The van der Waals surface area contributed by atoms with Gasteiger partial charge in [-0.05, 0) is 17.4 Å². The largest absolute Gasteiger partial charge is 0.480 e. The number of carboxylic acids is 1. The molecule has 0 aliphatic carbocycles. The Hall–Kier alpha value is -2.94. The number of amides is 3. The molecule has 9 heteroatoms. The molecule has 0 radical (unpaired) electrons. The number of nitrogens with two attached hydrogens (primary N) is 1. The second-order valence-electron chi connectivity index (χ2n) is 8.01. The van der Waals surface area contributed by atoms with Crippen LogP contribution >= 0.6 is 0 Å². The lowest BCUT2D eigenvalue weighted by molar-refractivity contribution is -0.141. The van der Waals surface area contributed by atoms with E-state index >= 15 is 0 Å². The Morgan fingerprint density at radius 3 is 2.13 bits per heavy atom. The van der Waals surface area contributed by atoms with Crippen LogP contribution in [0.25, 0.3) is 0 Å². The van der Waals surface area contributed by atoms with Crippen molar-refractivity contribution in [3.8, 4) is 0 Å². The third-order valence-electron chi connectivity index (χ3n) is 5.15. The second-order valence-corrected chi connectivity index (χ2v) is 8.01. The summed E-state index contributed by atoms with van der Waals surface area (Å²) in [7, 11) is 0. The van der Waals surface area contributed by atoms with E-state index in [-0.39, 0.29) is 18.3 Å². The first-order valence-electron chi connectivity index (χ1n) is 10.5. The zero-order valence-corrected chi connectivity index (χ0v) is 18.6. The van der Waals surface area contributed by atoms with Crippen LogP contribution in [-0.2, 0) is 25.6 Å². The summed E-state index contributed by atoms with van der Waals surface area (Å²) in [5.74, 6) is -3.05. The van der Waals surface area contributed by atoms with Crippen molar-refractivity contribution < 1.29 is 24.3 Å². The van der Waals surface area contributed by atoms with Crippen LogP contribution in [0, 0.1) is 11.8 Å². The van der Waals surface area contributed by atoms with Crippen molar-refractivity contribution in [3.63, 3.8) is 0 Å². The molecule has 0 aliphatic rings. The standard InChI is InChI=1S/C22H34N4O5/c1-5-14(4)18(23)20(28)26-19(13(2)3)21(29)24-12-17(27)25-16(22(30)31)11-15-9-7-6-8-10-15/h6-10,13-14,16,18-19H,5,11-12,23H2,1-4H3,(H,24,29)(H,25,27)(H,26,28)(H,30,31). The second kappa shape index (κ2) is 12.7. The van der Waals surface area contributed by atoms with Crippen LogP contribution in [0.4, 0.5) is 0 Å². The van der Waals surface area contributed by atoms with Gasteiger partial charge < -0.3 is 26.8 Å². The molecule has 0 saturated carbocycles.